The highest BCUT2D eigenvalue weighted by Gasteiger charge is 2.02. The van der Waals surface area contributed by atoms with Crippen molar-refractivity contribution in [3.63, 3.8) is 0 Å². The van der Waals surface area contributed by atoms with E-state index in [-0.39, 0.29) is 24.0 Å². The van der Waals surface area contributed by atoms with Gasteiger partial charge in [0.2, 0.25) is 0 Å². The lowest BCUT2D eigenvalue weighted by Crippen LogP contribution is -2.15. The van der Waals surface area contributed by atoms with Crippen molar-refractivity contribution in [2.24, 2.45) is 0 Å². The van der Waals surface area contributed by atoms with E-state index in [1.165, 1.54) is 57.9 Å². The SMILES string of the molecule is CCCCCCCCOCCCCN1C=CSC1.I. The third-order valence-corrected chi connectivity index (χ3v) is 4.03. The standard InChI is InChI=1S/C15H29NOS.HI/c1-2-3-4-5-6-8-12-17-13-9-7-10-16-11-14-18-15-16;/h11,14H,2-10,12-13,15H2,1H3;1H. The molecule has 0 aromatic carbocycles. The van der Waals surface area contributed by atoms with Gasteiger partial charge in [0.15, 0.2) is 0 Å². The molecule has 1 heterocycles. The summed E-state index contributed by atoms with van der Waals surface area (Å²) in [6.07, 6.45) is 12.7. The number of halogens is 1. The Hall–Kier alpha value is 0.580. The van der Waals surface area contributed by atoms with Gasteiger partial charge in [-0.3, -0.25) is 0 Å². The summed E-state index contributed by atoms with van der Waals surface area (Å²) < 4.78 is 5.66. The molecule has 1 rings (SSSR count). The van der Waals surface area contributed by atoms with Crippen LogP contribution in [0.2, 0.25) is 0 Å². The van der Waals surface area contributed by atoms with Crippen molar-refractivity contribution < 1.29 is 4.74 Å². The third kappa shape index (κ3) is 12.1. The highest BCUT2D eigenvalue weighted by atomic mass is 127. The summed E-state index contributed by atoms with van der Waals surface area (Å²) in [5.74, 6) is 1.14. The van der Waals surface area contributed by atoms with Crippen LogP contribution in [0.1, 0.15) is 58.3 Å². The van der Waals surface area contributed by atoms with Crippen molar-refractivity contribution >= 4 is 35.7 Å². The zero-order chi connectivity index (χ0) is 12.9. The predicted octanol–water partition coefficient (Wildman–Crippen LogP) is 5.24. The molecular weight excluding hydrogens is 369 g/mol. The molecule has 0 bridgehead atoms. The molecule has 0 N–H and O–H groups in total. The lowest BCUT2D eigenvalue weighted by molar-refractivity contribution is 0.125. The molecule has 0 fully saturated rings. The fourth-order valence-corrected chi connectivity index (χ4v) is 2.81. The van der Waals surface area contributed by atoms with Crippen LogP contribution in [-0.4, -0.2) is 30.5 Å². The number of nitrogens with zero attached hydrogens (tertiary/aromatic N) is 1. The van der Waals surface area contributed by atoms with E-state index < -0.39 is 0 Å². The quantitative estimate of drug-likeness (QED) is 0.329. The Kier molecular flexibility index (Phi) is 15.4. The van der Waals surface area contributed by atoms with Gasteiger partial charge in [0.1, 0.15) is 0 Å². The van der Waals surface area contributed by atoms with Gasteiger partial charge in [0.25, 0.3) is 0 Å². The summed E-state index contributed by atoms with van der Waals surface area (Å²) >= 11 is 1.88. The Labute approximate surface area is 140 Å². The summed E-state index contributed by atoms with van der Waals surface area (Å²) in [6.45, 7) is 5.36. The van der Waals surface area contributed by atoms with Crippen molar-refractivity contribution in [3.8, 4) is 0 Å². The van der Waals surface area contributed by atoms with Gasteiger partial charge in [-0.2, -0.15) is 0 Å². The summed E-state index contributed by atoms with van der Waals surface area (Å²) in [6, 6.07) is 0. The van der Waals surface area contributed by atoms with Gasteiger partial charge < -0.3 is 9.64 Å². The minimum atomic E-state index is 0. The van der Waals surface area contributed by atoms with Crippen molar-refractivity contribution in [2.45, 2.75) is 58.3 Å². The van der Waals surface area contributed by atoms with Crippen molar-refractivity contribution in [2.75, 3.05) is 25.6 Å². The van der Waals surface area contributed by atoms with E-state index >= 15 is 0 Å². The smallest absolute Gasteiger partial charge is 0.0675 e. The van der Waals surface area contributed by atoms with Gasteiger partial charge in [-0.25, -0.2) is 0 Å². The number of ether oxygens (including phenoxy) is 1. The number of rotatable bonds is 12. The molecular formula is C15H30INOS. The van der Waals surface area contributed by atoms with Crippen LogP contribution in [0.25, 0.3) is 0 Å². The van der Waals surface area contributed by atoms with E-state index in [9.17, 15) is 0 Å². The molecule has 0 spiro atoms. The third-order valence-electron chi connectivity index (χ3n) is 3.23. The van der Waals surface area contributed by atoms with Gasteiger partial charge in [0, 0.05) is 26.0 Å². The van der Waals surface area contributed by atoms with Crippen LogP contribution in [0.5, 0.6) is 0 Å². The van der Waals surface area contributed by atoms with Gasteiger partial charge in [-0.15, -0.1) is 35.7 Å². The van der Waals surface area contributed by atoms with E-state index in [1.54, 1.807) is 0 Å². The van der Waals surface area contributed by atoms with E-state index in [0.717, 1.165) is 19.1 Å². The Balaban J connectivity index is 0.00000324. The summed E-state index contributed by atoms with van der Waals surface area (Å²) in [4.78, 5) is 2.37. The Morgan fingerprint density at radius 2 is 1.68 bits per heavy atom. The molecule has 0 aromatic heterocycles. The molecule has 1 aliphatic heterocycles. The molecule has 0 radical (unpaired) electrons. The van der Waals surface area contributed by atoms with E-state index in [1.807, 2.05) is 11.8 Å². The largest absolute Gasteiger partial charge is 0.381 e. The normalized spacial score (nSPS) is 13.8. The molecule has 0 saturated carbocycles. The van der Waals surface area contributed by atoms with Crippen LogP contribution in [-0.2, 0) is 4.74 Å². The predicted molar refractivity (Wildman–Crippen MR) is 97.1 cm³/mol. The van der Waals surface area contributed by atoms with E-state index in [2.05, 4.69) is 23.4 Å². The number of thioether (sulfide) groups is 1. The van der Waals surface area contributed by atoms with Gasteiger partial charge in [-0.05, 0) is 24.7 Å². The zero-order valence-corrected chi connectivity index (χ0v) is 15.5. The van der Waals surface area contributed by atoms with Crippen LogP contribution in [0.3, 0.4) is 0 Å². The molecule has 2 nitrogen and oxygen atoms in total. The number of hydrogen-bond donors (Lipinski definition) is 0. The Morgan fingerprint density at radius 3 is 2.37 bits per heavy atom. The second-order valence-corrected chi connectivity index (χ2v) is 5.84. The highest BCUT2D eigenvalue weighted by molar-refractivity contribution is 14.0. The Bertz CT molecular complexity index is 214. The maximum absolute atomic E-state index is 5.66. The maximum Gasteiger partial charge on any atom is 0.0675 e. The van der Waals surface area contributed by atoms with Gasteiger partial charge in [0.05, 0.1) is 5.88 Å². The molecule has 114 valence electrons. The summed E-state index contributed by atoms with van der Waals surface area (Å²) in [7, 11) is 0. The second kappa shape index (κ2) is 15.0. The molecule has 0 amide bonds. The van der Waals surface area contributed by atoms with Crippen molar-refractivity contribution in [3.05, 3.63) is 11.6 Å². The first-order chi connectivity index (χ1) is 8.93. The Morgan fingerprint density at radius 1 is 1.00 bits per heavy atom. The number of unbranched alkanes of at least 4 members (excludes halogenated alkanes) is 6. The van der Waals surface area contributed by atoms with Crippen LogP contribution in [0.15, 0.2) is 11.6 Å². The fourth-order valence-electron chi connectivity index (χ4n) is 2.06. The lowest BCUT2D eigenvalue weighted by atomic mass is 10.1. The van der Waals surface area contributed by atoms with Crippen LogP contribution < -0.4 is 0 Å². The molecule has 0 aliphatic carbocycles. The highest BCUT2D eigenvalue weighted by Crippen LogP contribution is 2.15. The average molecular weight is 399 g/mol. The molecule has 0 aromatic rings. The van der Waals surface area contributed by atoms with E-state index in [4.69, 9.17) is 4.74 Å². The fraction of sp³-hybridized carbons (Fsp3) is 0.867. The van der Waals surface area contributed by atoms with Crippen molar-refractivity contribution in [1.82, 2.24) is 4.90 Å². The van der Waals surface area contributed by atoms with Crippen LogP contribution in [0.4, 0.5) is 0 Å². The monoisotopic (exact) mass is 399 g/mol. The van der Waals surface area contributed by atoms with Crippen LogP contribution in [0, 0.1) is 0 Å². The minimum Gasteiger partial charge on any atom is -0.381 e. The summed E-state index contributed by atoms with van der Waals surface area (Å²) in [5, 5.41) is 2.18. The molecule has 1 aliphatic rings. The topological polar surface area (TPSA) is 12.5 Å². The minimum absolute atomic E-state index is 0. The first kappa shape index (κ1) is 19.6. The molecule has 4 heteroatoms. The maximum atomic E-state index is 5.66. The van der Waals surface area contributed by atoms with Crippen LogP contribution >= 0.6 is 35.7 Å². The van der Waals surface area contributed by atoms with E-state index in [0.29, 0.717) is 0 Å². The molecule has 0 unspecified atom stereocenters. The zero-order valence-electron chi connectivity index (χ0n) is 12.3. The molecule has 19 heavy (non-hydrogen) atoms. The first-order valence-electron chi connectivity index (χ1n) is 7.53. The van der Waals surface area contributed by atoms with Crippen molar-refractivity contribution in [1.29, 1.82) is 0 Å². The lowest BCUT2D eigenvalue weighted by Gasteiger charge is -2.13. The second-order valence-electron chi connectivity index (χ2n) is 4.98. The number of hydrogen-bond acceptors (Lipinski definition) is 3. The van der Waals surface area contributed by atoms with Gasteiger partial charge in [-0.1, -0.05) is 39.0 Å². The summed E-state index contributed by atoms with van der Waals surface area (Å²) in [5.41, 5.74) is 0. The first-order valence-corrected chi connectivity index (χ1v) is 8.58. The molecule has 0 atom stereocenters. The van der Waals surface area contributed by atoms with Gasteiger partial charge >= 0.3 is 0 Å². The molecule has 0 saturated heterocycles. The average Bonchev–Trinajstić information content (AvgIpc) is 2.89.